The van der Waals surface area contributed by atoms with Gasteiger partial charge in [0, 0.05) is 169 Å². The number of hydrogen-bond acceptors (Lipinski definition) is 10. The van der Waals surface area contributed by atoms with Gasteiger partial charge in [0.15, 0.2) is 0 Å². The van der Waals surface area contributed by atoms with Crippen molar-refractivity contribution in [1.82, 2.24) is 67.6 Å². The van der Waals surface area contributed by atoms with Crippen molar-refractivity contribution in [3.05, 3.63) is 72.9 Å². The largest absolute Gasteiger partial charge is 0.337 e. The third-order valence-electron chi connectivity index (χ3n) is 10.3. The Kier molecular flexibility index (Phi) is 12.1. The molecule has 0 aromatic carbocycles. The third kappa shape index (κ3) is 9.61. The Bertz CT molecular complexity index is 1300. The van der Waals surface area contributed by atoms with Crippen LogP contribution in [-0.4, -0.2) is 159 Å². The zero-order chi connectivity index (χ0) is 33.3. The molecule has 4 aromatic rings. The monoisotopic (exact) mass is 660 g/mol. The average molecular weight is 661 g/mol. The molecule has 2 aliphatic heterocycles. The van der Waals surface area contributed by atoms with E-state index >= 15 is 0 Å². The highest BCUT2D eigenvalue weighted by Gasteiger charge is 2.22. The fourth-order valence-corrected chi connectivity index (χ4v) is 6.73. The van der Waals surface area contributed by atoms with Gasteiger partial charge in [-0.05, 0) is 0 Å². The van der Waals surface area contributed by atoms with E-state index in [1.165, 1.54) is 0 Å². The quantitative estimate of drug-likeness (QED) is 0.228. The van der Waals surface area contributed by atoms with Crippen molar-refractivity contribution >= 4 is 0 Å². The number of imidazole rings is 4. The van der Waals surface area contributed by atoms with Gasteiger partial charge in [-0.15, -0.1) is 0 Å². The molecular weight excluding hydrogens is 604 g/mol. The Morgan fingerprint density at radius 2 is 0.562 bits per heavy atom. The summed E-state index contributed by atoms with van der Waals surface area (Å²) in [7, 11) is 8.38. The van der Waals surface area contributed by atoms with Crippen molar-refractivity contribution in [3.8, 4) is 0 Å². The lowest BCUT2D eigenvalue weighted by Gasteiger charge is -2.30. The average Bonchev–Trinajstić information content (AvgIpc) is 3.89. The summed E-state index contributed by atoms with van der Waals surface area (Å²) in [4.78, 5) is 34.3. The van der Waals surface area contributed by atoms with Gasteiger partial charge in [0.2, 0.25) is 0 Å². The van der Waals surface area contributed by atoms with Crippen LogP contribution in [-0.2, 0) is 54.4 Å². The van der Waals surface area contributed by atoms with Gasteiger partial charge in [-0.3, -0.25) is 29.4 Å². The summed E-state index contributed by atoms with van der Waals surface area (Å²) in [5.41, 5.74) is 0. The van der Waals surface area contributed by atoms with Crippen molar-refractivity contribution in [2.24, 2.45) is 28.2 Å². The lowest BCUT2D eigenvalue weighted by atomic mass is 10.3. The zero-order valence-corrected chi connectivity index (χ0v) is 29.6. The molecule has 0 spiro atoms. The van der Waals surface area contributed by atoms with Crippen molar-refractivity contribution < 1.29 is 0 Å². The Labute approximate surface area is 286 Å². The molecule has 48 heavy (non-hydrogen) atoms. The van der Waals surface area contributed by atoms with Crippen LogP contribution in [0, 0.1) is 0 Å². The van der Waals surface area contributed by atoms with Crippen molar-refractivity contribution in [2.45, 2.75) is 26.2 Å². The Morgan fingerprint density at radius 3 is 0.750 bits per heavy atom. The van der Waals surface area contributed by atoms with Crippen LogP contribution in [0.2, 0.25) is 0 Å². The number of aromatic nitrogens is 8. The van der Waals surface area contributed by atoms with Crippen molar-refractivity contribution in [2.75, 3.05) is 91.6 Å². The zero-order valence-electron chi connectivity index (χ0n) is 29.6. The molecule has 4 aromatic heterocycles. The lowest BCUT2D eigenvalue weighted by molar-refractivity contribution is 0.162. The fraction of sp³-hybridized carbons (Fsp3) is 0.647. The molecule has 2 fully saturated rings. The van der Waals surface area contributed by atoms with Crippen LogP contribution >= 0.6 is 0 Å². The highest BCUT2D eigenvalue weighted by atomic mass is 15.3. The normalized spacial score (nSPS) is 19.5. The van der Waals surface area contributed by atoms with Gasteiger partial charge in [0.05, 0.1) is 26.2 Å². The first-order valence-corrected chi connectivity index (χ1v) is 17.6. The molecule has 2 saturated heterocycles. The maximum absolute atomic E-state index is 4.64. The van der Waals surface area contributed by atoms with Crippen molar-refractivity contribution in [1.29, 1.82) is 0 Å². The molecule has 6 heterocycles. The van der Waals surface area contributed by atoms with E-state index in [4.69, 9.17) is 0 Å². The summed E-state index contributed by atoms with van der Waals surface area (Å²) in [6, 6.07) is 0. The predicted molar refractivity (Wildman–Crippen MR) is 187 cm³/mol. The molecule has 14 nitrogen and oxygen atoms in total. The van der Waals surface area contributed by atoms with E-state index in [0.29, 0.717) is 0 Å². The van der Waals surface area contributed by atoms with Crippen LogP contribution in [0.3, 0.4) is 0 Å². The standard InChI is InChI=1S/C34H56N14/c1-39-9-5-35-31(39)27-45-19-15-43(16-20-46(24-23-45)28-32-36-6-10-40(32)2)13-14-44-17-21-47(29-33-37-7-11-41(33)3)25-26-48(22-18-44)30-34-38-8-12-42(34)4/h5-12H,13-30H2,1-4H3. The summed E-state index contributed by atoms with van der Waals surface area (Å²) in [5, 5.41) is 0. The van der Waals surface area contributed by atoms with Crippen LogP contribution in [0.5, 0.6) is 0 Å². The van der Waals surface area contributed by atoms with E-state index in [-0.39, 0.29) is 0 Å². The first-order valence-electron chi connectivity index (χ1n) is 17.6. The van der Waals surface area contributed by atoms with Gasteiger partial charge in [-0.1, -0.05) is 0 Å². The highest BCUT2D eigenvalue weighted by Crippen LogP contribution is 2.11. The summed E-state index contributed by atoms with van der Waals surface area (Å²) in [6.07, 6.45) is 15.8. The second-order valence-electron chi connectivity index (χ2n) is 13.6. The smallest absolute Gasteiger partial charge is 0.122 e. The minimum atomic E-state index is 0.872. The molecule has 0 amide bonds. The molecular formula is C34H56N14. The molecule has 6 rings (SSSR count). The molecule has 0 radical (unpaired) electrons. The maximum atomic E-state index is 4.64. The van der Waals surface area contributed by atoms with Crippen LogP contribution in [0.25, 0.3) is 0 Å². The van der Waals surface area contributed by atoms with Crippen LogP contribution in [0.4, 0.5) is 0 Å². The minimum absolute atomic E-state index is 0.872. The third-order valence-corrected chi connectivity index (χ3v) is 10.3. The number of nitrogens with zero attached hydrogens (tertiary/aromatic N) is 14. The van der Waals surface area contributed by atoms with E-state index in [0.717, 1.165) is 141 Å². The first kappa shape index (κ1) is 34.5. The molecule has 14 heteroatoms. The molecule has 0 aliphatic carbocycles. The molecule has 0 unspecified atom stereocenters. The molecule has 0 bridgehead atoms. The molecule has 0 atom stereocenters. The second-order valence-corrected chi connectivity index (χ2v) is 13.6. The SMILES string of the molecule is Cn1ccnc1CN1CCN(CCN2CCN(Cc3nccn3C)CCN(Cc3nccn3C)CC2)CCN(Cc2nccn2C)CC1. The van der Waals surface area contributed by atoms with Crippen LogP contribution in [0.15, 0.2) is 49.6 Å². The van der Waals surface area contributed by atoms with Crippen LogP contribution in [0.1, 0.15) is 23.3 Å². The van der Waals surface area contributed by atoms with E-state index in [1.807, 2.05) is 49.6 Å². The van der Waals surface area contributed by atoms with E-state index < -0.39 is 0 Å². The predicted octanol–water partition coefficient (Wildman–Crippen LogP) is 0.560. The molecule has 2 aliphatic rings. The molecule has 262 valence electrons. The Morgan fingerprint density at radius 1 is 0.354 bits per heavy atom. The summed E-state index contributed by atoms with van der Waals surface area (Å²) < 4.78 is 8.59. The number of hydrogen-bond donors (Lipinski definition) is 0. The number of aryl methyl sites for hydroxylation is 4. The Hall–Kier alpha value is -3.40. The van der Waals surface area contributed by atoms with Gasteiger partial charge in [-0.2, -0.15) is 0 Å². The highest BCUT2D eigenvalue weighted by molar-refractivity contribution is 4.95. The number of rotatable bonds is 11. The van der Waals surface area contributed by atoms with Crippen molar-refractivity contribution in [3.63, 3.8) is 0 Å². The van der Waals surface area contributed by atoms with Gasteiger partial charge in [-0.25, -0.2) is 19.9 Å². The van der Waals surface area contributed by atoms with Gasteiger partial charge in [0.25, 0.3) is 0 Å². The van der Waals surface area contributed by atoms with E-state index in [1.54, 1.807) is 0 Å². The summed E-state index contributed by atoms with van der Waals surface area (Å²) in [5.74, 6) is 4.49. The van der Waals surface area contributed by atoms with Gasteiger partial charge >= 0.3 is 0 Å². The fourth-order valence-electron chi connectivity index (χ4n) is 6.73. The summed E-state index contributed by atoms with van der Waals surface area (Å²) in [6.45, 7) is 18.1. The minimum Gasteiger partial charge on any atom is -0.337 e. The summed E-state index contributed by atoms with van der Waals surface area (Å²) >= 11 is 0. The first-order chi connectivity index (χ1) is 23.4. The van der Waals surface area contributed by atoms with Gasteiger partial charge in [0.1, 0.15) is 23.3 Å². The maximum Gasteiger partial charge on any atom is 0.122 e. The van der Waals surface area contributed by atoms with E-state index in [2.05, 4.69) is 95.8 Å². The Balaban J connectivity index is 1.11. The topological polar surface area (TPSA) is 90.7 Å². The lowest BCUT2D eigenvalue weighted by Crippen LogP contribution is -2.43. The van der Waals surface area contributed by atoms with Crippen LogP contribution < -0.4 is 0 Å². The second kappa shape index (κ2) is 16.8. The molecule has 0 saturated carbocycles. The molecule has 0 N–H and O–H groups in total. The van der Waals surface area contributed by atoms with Gasteiger partial charge < -0.3 is 18.3 Å². The van der Waals surface area contributed by atoms with E-state index in [9.17, 15) is 0 Å².